The monoisotopic (exact) mass is 270 g/mol. The molecule has 0 bridgehead atoms. The Labute approximate surface area is 125 Å². The third kappa shape index (κ3) is 4.85. The van der Waals surface area contributed by atoms with Gasteiger partial charge in [0.2, 0.25) is 0 Å². The van der Waals surface area contributed by atoms with Crippen LogP contribution in [0.2, 0.25) is 0 Å². The summed E-state index contributed by atoms with van der Waals surface area (Å²) in [5.74, 6) is 0. The van der Waals surface area contributed by atoms with Gasteiger partial charge in [-0.1, -0.05) is 90.1 Å². The second-order valence-corrected chi connectivity index (χ2v) is 4.02. The predicted molar refractivity (Wildman–Crippen MR) is 93.3 cm³/mol. The summed E-state index contributed by atoms with van der Waals surface area (Å²) in [5, 5.41) is 0. The van der Waals surface area contributed by atoms with Crippen molar-refractivity contribution in [1.29, 1.82) is 0 Å². The van der Waals surface area contributed by atoms with Crippen molar-refractivity contribution < 1.29 is 0 Å². The van der Waals surface area contributed by atoms with E-state index in [1.54, 1.807) is 0 Å². The van der Waals surface area contributed by atoms with E-state index in [1.165, 1.54) is 22.3 Å². The predicted octanol–water partition coefficient (Wildman–Crippen LogP) is 6.53. The highest BCUT2D eigenvalue weighted by atomic mass is 14.1. The summed E-state index contributed by atoms with van der Waals surface area (Å²) in [5.41, 5.74) is 5.65. The molecule has 0 saturated heterocycles. The summed E-state index contributed by atoms with van der Waals surface area (Å²) in [6.07, 6.45) is 2.18. The number of rotatable bonds is 3. The molecule has 0 aromatic heterocycles. The molecule has 0 nitrogen and oxygen atoms in total. The fourth-order valence-corrected chi connectivity index (χ4v) is 2.18. The van der Waals surface area contributed by atoms with Crippen LogP contribution >= 0.6 is 0 Å². The molecule has 110 valence electrons. The molecule has 0 heteroatoms. The smallest absolute Gasteiger partial charge is 0.0149 e. The van der Waals surface area contributed by atoms with Crippen LogP contribution in [0.15, 0.2) is 48.5 Å². The first-order valence-electron chi connectivity index (χ1n) is 8.03. The molecule has 0 atom stereocenters. The van der Waals surface area contributed by atoms with Crippen LogP contribution in [-0.4, -0.2) is 0 Å². The van der Waals surface area contributed by atoms with Crippen molar-refractivity contribution in [2.75, 3.05) is 0 Å². The summed E-state index contributed by atoms with van der Waals surface area (Å²) in [6.45, 7) is 12.4. The molecule has 0 aliphatic carbocycles. The van der Waals surface area contributed by atoms with Gasteiger partial charge in [-0.15, -0.1) is 0 Å². The molecule has 0 aliphatic heterocycles. The van der Waals surface area contributed by atoms with E-state index in [2.05, 4.69) is 62.4 Å². The lowest BCUT2D eigenvalue weighted by molar-refractivity contribution is 1.12. The molecule has 0 spiro atoms. The molecule has 0 unspecified atom stereocenters. The zero-order valence-corrected chi connectivity index (χ0v) is 14.0. The van der Waals surface area contributed by atoms with Gasteiger partial charge in [0.1, 0.15) is 0 Å². The molecule has 2 aromatic rings. The summed E-state index contributed by atoms with van der Waals surface area (Å²) < 4.78 is 0. The van der Waals surface area contributed by atoms with Gasteiger partial charge in [0.15, 0.2) is 0 Å². The van der Waals surface area contributed by atoms with E-state index in [1.807, 2.05) is 27.7 Å². The minimum absolute atomic E-state index is 1.09. The van der Waals surface area contributed by atoms with E-state index >= 15 is 0 Å². The Morgan fingerprint density at radius 2 is 0.850 bits per heavy atom. The molecule has 2 aromatic carbocycles. The van der Waals surface area contributed by atoms with Gasteiger partial charge in [-0.2, -0.15) is 0 Å². The third-order valence-corrected chi connectivity index (χ3v) is 3.09. The van der Waals surface area contributed by atoms with Crippen LogP contribution in [0.1, 0.15) is 52.7 Å². The average molecular weight is 270 g/mol. The highest BCUT2D eigenvalue weighted by Gasteiger charge is 2.05. The number of hydrogen-bond donors (Lipinski definition) is 0. The molecule has 0 radical (unpaired) electrons. The Bertz CT molecular complexity index is 423. The van der Waals surface area contributed by atoms with Crippen molar-refractivity contribution in [2.45, 2.75) is 54.4 Å². The van der Waals surface area contributed by atoms with Crippen molar-refractivity contribution in [3.63, 3.8) is 0 Å². The van der Waals surface area contributed by atoms with Gasteiger partial charge in [0.05, 0.1) is 0 Å². The van der Waals surface area contributed by atoms with E-state index in [0.29, 0.717) is 0 Å². The van der Waals surface area contributed by atoms with Crippen LogP contribution in [0.25, 0.3) is 11.1 Å². The van der Waals surface area contributed by atoms with Crippen LogP contribution in [0.5, 0.6) is 0 Å². The minimum Gasteiger partial charge on any atom is -0.0683 e. The van der Waals surface area contributed by atoms with Crippen molar-refractivity contribution in [3.8, 4) is 11.1 Å². The lowest BCUT2D eigenvalue weighted by Crippen LogP contribution is -1.91. The lowest BCUT2D eigenvalue weighted by atomic mass is 9.93. The largest absolute Gasteiger partial charge is 0.0683 e. The van der Waals surface area contributed by atoms with Gasteiger partial charge in [0, 0.05) is 0 Å². The number of benzene rings is 2. The third-order valence-electron chi connectivity index (χ3n) is 3.09. The Hall–Kier alpha value is -1.56. The summed E-state index contributed by atoms with van der Waals surface area (Å²) in [7, 11) is 0. The van der Waals surface area contributed by atoms with E-state index in [-0.39, 0.29) is 0 Å². The first-order valence-corrected chi connectivity index (χ1v) is 8.03. The molecule has 0 aliphatic rings. The standard InChI is InChI=1S/C16H18.2C2H6/c1-3-13-9-5-7-11-15(13)16-12-8-6-10-14(16)4-2;2*1-2/h5-12H,3-4H2,1-2H3;2*1-2H3. The van der Waals surface area contributed by atoms with Gasteiger partial charge >= 0.3 is 0 Å². The topological polar surface area (TPSA) is 0 Å². The van der Waals surface area contributed by atoms with Crippen LogP contribution in [0.3, 0.4) is 0 Å². The maximum atomic E-state index is 2.23. The van der Waals surface area contributed by atoms with Gasteiger partial charge < -0.3 is 0 Å². The van der Waals surface area contributed by atoms with Crippen LogP contribution in [0.4, 0.5) is 0 Å². The number of hydrogen-bond acceptors (Lipinski definition) is 0. The zero-order valence-electron chi connectivity index (χ0n) is 14.0. The van der Waals surface area contributed by atoms with Crippen molar-refractivity contribution in [2.24, 2.45) is 0 Å². The summed E-state index contributed by atoms with van der Waals surface area (Å²) >= 11 is 0. The van der Waals surface area contributed by atoms with Crippen molar-refractivity contribution >= 4 is 0 Å². The first kappa shape index (κ1) is 18.4. The fourth-order valence-electron chi connectivity index (χ4n) is 2.18. The molecule has 0 amide bonds. The van der Waals surface area contributed by atoms with Gasteiger partial charge in [-0.3, -0.25) is 0 Å². The Kier molecular flexibility index (Phi) is 10.4. The first-order chi connectivity index (χ1) is 9.86. The summed E-state index contributed by atoms with van der Waals surface area (Å²) in [4.78, 5) is 0. The molecular weight excluding hydrogens is 240 g/mol. The highest BCUT2D eigenvalue weighted by molar-refractivity contribution is 5.70. The molecular formula is C20H30. The molecule has 0 fully saturated rings. The Balaban J connectivity index is 0.000000829. The molecule has 0 saturated carbocycles. The van der Waals surface area contributed by atoms with Gasteiger partial charge in [0.25, 0.3) is 0 Å². The van der Waals surface area contributed by atoms with Gasteiger partial charge in [-0.05, 0) is 35.1 Å². The van der Waals surface area contributed by atoms with E-state index in [4.69, 9.17) is 0 Å². The second kappa shape index (κ2) is 11.3. The lowest BCUT2D eigenvalue weighted by Gasteiger charge is -2.11. The summed E-state index contributed by atoms with van der Waals surface area (Å²) in [6, 6.07) is 17.4. The van der Waals surface area contributed by atoms with E-state index < -0.39 is 0 Å². The second-order valence-electron chi connectivity index (χ2n) is 4.02. The van der Waals surface area contributed by atoms with Crippen LogP contribution in [-0.2, 0) is 12.8 Å². The van der Waals surface area contributed by atoms with Gasteiger partial charge in [-0.25, -0.2) is 0 Å². The van der Waals surface area contributed by atoms with Crippen molar-refractivity contribution in [1.82, 2.24) is 0 Å². The fraction of sp³-hybridized carbons (Fsp3) is 0.400. The Morgan fingerprint density at radius 3 is 1.15 bits per heavy atom. The quantitative estimate of drug-likeness (QED) is 0.594. The molecule has 2 rings (SSSR count). The molecule has 0 heterocycles. The normalized spacial score (nSPS) is 8.90. The zero-order chi connectivity index (χ0) is 15.4. The van der Waals surface area contributed by atoms with E-state index in [9.17, 15) is 0 Å². The highest BCUT2D eigenvalue weighted by Crippen LogP contribution is 2.27. The van der Waals surface area contributed by atoms with E-state index in [0.717, 1.165) is 12.8 Å². The van der Waals surface area contributed by atoms with Crippen LogP contribution in [0, 0.1) is 0 Å². The minimum atomic E-state index is 1.09. The average Bonchev–Trinajstić information content (AvgIpc) is 2.58. The van der Waals surface area contributed by atoms with Crippen LogP contribution < -0.4 is 0 Å². The molecule has 20 heavy (non-hydrogen) atoms. The Morgan fingerprint density at radius 1 is 0.550 bits per heavy atom. The van der Waals surface area contributed by atoms with Crippen molar-refractivity contribution in [3.05, 3.63) is 59.7 Å². The molecule has 0 N–H and O–H groups in total. The SMILES string of the molecule is CC.CC.CCc1ccccc1-c1ccccc1CC. The number of aryl methyl sites for hydroxylation is 2. The maximum absolute atomic E-state index is 2.23. The maximum Gasteiger partial charge on any atom is -0.0149 e.